The molecule has 3 heterocycles. The van der Waals surface area contributed by atoms with E-state index in [2.05, 4.69) is 10.1 Å². The SMILES string of the molecule is CCc1cc(C(=O)N2CCOC(c3nc(-c4cccc(C(F)(F)F)c4)no3)C2)cs1. The van der Waals surface area contributed by atoms with Crippen LogP contribution in [0, 0.1) is 0 Å². The van der Waals surface area contributed by atoms with Gasteiger partial charge in [0.15, 0.2) is 6.10 Å². The van der Waals surface area contributed by atoms with E-state index >= 15 is 0 Å². The van der Waals surface area contributed by atoms with Crippen LogP contribution in [0.15, 0.2) is 40.2 Å². The quantitative estimate of drug-likeness (QED) is 0.597. The summed E-state index contributed by atoms with van der Waals surface area (Å²) < 4.78 is 49.7. The summed E-state index contributed by atoms with van der Waals surface area (Å²) in [5.74, 6) is 0.0601. The predicted octanol–water partition coefficient (Wildman–Crippen LogP) is 4.59. The zero-order valence-electron chi connectivity index (χ0n) is 16.0. The van der Waals surface area contributed by atoms with Crippen molar-refractivity contribution in [3.8, 4) is 11.4 Å². The average molecular weight is 437 g/mol. The summed E-state index contributed by atoms with van der Waals surface area (Å²) in [4.78, 5) is 19.8. The predicted molar refractivity (Wildman–Crippen MR) is 103 cm³/mol. The second kappa shape index (κ2) is 8.19. The summed E-state index contributed by atoms with van der Waals surface area (Å²) in [6.07, 6.45) is -4.24. The number of alkyl halides is 3. The van der Waals surface area contributed by atoms with Gasteiger partial charge in [-0.1, -0.05) is 24.2 Å². The van der Waals surface area contributed by atoms with Crippen molar-refractivity contribution >= 4 is 17.2 Å². The second-order valence-electron chi connectivity index (χ2n) is 6.80. The van der Waals surface area contributed by atoms with E-state index in [1.165, 1.54) is 12.1 Å². The van der Waals surface area contributed by atoms with Crippen LogP contribution in [0.5, 0.6) is 0 Å². The molecule has 1 aliphatic rings. The van der Waals surface area contributed by atoms with Crippen LogP contribution < -0.4 is 0 Å². The Hall–Kier alpha value is -2.72. The number of amides is 1. The van der Waals surface area contributed by atoms with Crippen LogP contribution in [0.25, 0.3) is 11.4 Å². The number of carbonyl (C=O) groups excluding carboxylic acids is 1. The van der Waals surface area contributed by atoms with Crippen LogP contribution in [0.1, 0.15) is 39.7 Å². The van der Waals surface area contributed by atoms with Crippen molar-refractivity contribution in [3.63, 3.8) is 0 Å². The fourth-order valence-corrected chi connectivity index (χ4v) is 3.97. The maximum atomic E-state index is 12.9. The molecule has 1 unspecified atom stereocenters. The molecule has 1 saturated heterocycles. The number of halogens is 3. The summed E-state index contributed by atoms with van der Waals surface area (Å²) in [5.41, 5.74) is 0.0286. The Morgan fingerprint density at radius 3 is 2.90 bits per heavy atom. The molecule has 0 spiro atoms. The lowest BCUT2D eigenvalue weighted by molar-refractivity contribution is -0.137. The number of hydrogen-bond donors (Lipinski definition) is 0. The molecule has 10 heteroatoms. The number of aryl methyl sites for hydroxylation is 1. The second-order valence-corrected chi connectivity index (χ2v) is 7.80. The van der Waals surface area contributed by atoms with E-state index in [9.17, 15) is 18.0 Å². The third kappa shape index (κ3) is 4.24. The van der Waals surface area contributed by atoms with E-state index in [0.717, 1.165) is 23.4 Å². The van der Waals surface area contributed by atoms with Crippen molar-refractivity contribution in [1.82, 2.24) is 15.0 Å². The number of nitrogens with zero attached hydrogens (tertiary/aromatic N) is 3. The minimum absolute atomic E-state index is 0.0357. The van der Waals surface area contributed by atoms with Crippen molar-refractivity contribution < 1.29 is 27.2 Å². The summed E-state index contributed by atoms with van der Waals surface area (Å²) in [6.45, 7) is 2.98. The Kier molecular flexibility index (Phi) is 5.61. The topological polar surface area (TPSA) is 68.5 Å². The van der Waals surface area contributed by atoms with Gasteiger partial charge in [-0.15, -0.1) is 11.3 Å². The van der Waals surface area contributed by atoms with Crippen LogP contribution in [0.2, 0.25) is 0 Å². The summed E-state index contributed by atoms with van der Waals surface area (Å²) in [6, 6.07) is 6.59. The van der Waals surface area contributed by atoms with Gasteiger partial charge in [-0.2, -0.15) is 18.2 Å². The first-order valence-electron chi connectivity index (χ1n) is 9.34. The van der Waals surface area contributed by atoms with Crippen LogP contribution >= 0.6 is 11.3 Å². The highest BCUT2D eigenvalue weighted by molar-refractivity contribution is 7.10. The van der Waals surface area contributed by atoms with Gasteiger partial charge in [0.25, 0.3) is 11.8 Å². The molecule has 30 heavy (non-hydrogen) atoms. The summed E-state index contributed by atoms with van der Waals surface area (Å²) in [7, 11) is 0. The van der Waals surface area contributed by atoms with Crippen molar-refractivity contribution in [2.24, 2.45) is 0 Å². The highest BCUT2D eigenvalue weighted by atomic mass is 32.1. The molecule has 4 rings (SSSR count). The molecule has 1 amide bonds. The van der Waals surface area contributed by atoms with Gasteiger partial charge >= 0.3 is 6.18 Å². The standard InChI is InChI=1S/C20H18F3N3O3S/c1-2-15-9-13(11-30-15)19(27)26-6-7-28-16(10-26)18-24-17(25-29-18)12-4-3-5-14(8-12)20(21,22)23/h3-5,8-9,11,16H,2,6-7,10H2,1H3. The fraction of sp³-hybridized carbons (Fsp3) is 0.350. The number of rotatable bonds is 4. The number of morpholine rings is 1. The number of benzene rings is 1. The molecule has 0 radical (unpaired) electrons. The van der Waals surface area contributed by atoms with Gasteiger partial charge in [0.2, 0.25) is 5.82 Å². The third-order valence-electron chi connectivity index (χ3n) is 4.77. The Bertz CT molecular complexity index is 1050. The molecular weight excluding hydrogens is 419 g/mol. The lowest BCUT2D eigenvalue weighted by atomic mass is 10.1. The first-order chi connectivity index (χ1) is 14.3. The van der Waals surface area contributed by atoms with Crippen LogP contribution in [0.4, 0.5) is 13.2 Å². The zero-order valence-corrected chi connectivity index (χ0v) is 16.8. The van der Waals surface area contributed by atoms with E-state index in [1.54, 1.807) is 16.2 Å². The lowest BCUT2D eigenvalue weighted by Crippen LogP contribution is -2.42. The number of hydrogen-bond acceptors (Lipinski definition) is 6. The van der Waals surface area contributed by atoms with Crippen LogP contribution in [0.3, 0.4) is 0 Å². The fourth-order valence-electron chi connectivity index (χ4n) is 3.16. The molecule has 3 aromatic rings. The summed E-state index contributed by atoms with van der Waals surface area (Å²) >= 11 is 1.54. The Morgan fingerprint density at radius 1 is 1.33 bits per heavy atom. The van der Waals surface area contributed by atoms with Gasteiger partial charge in [-0.3, -0.25) is 4.79 Å². The molecule has 1 fully saturated rings. The Labute approximate surface area is 174 Å². The molecule has 2 aromatic heterocycles. The molecule has 0 aliphatic carbocycles. The highest BCUT2D eigenvalue weighted by Gasteiger charge is 2.32. The van der Waals surface area contributed by atoms with Crippen molar-refractivity contribution in [1.29, 1.82) is 0 Å². The maximum Gasteiger partial charge on any atom is 0.416 e. The molecular formula is C20H18F3N3O3S. The molecule has 1 aliphatic heterocycles. The first kappa shape index (κ1) is 20.5. The minimum atomic E-state index is -4.46. The first-order valence-corrected chi connectivity index (χ1v) is 10.2. The van der Waals surface area contributed by atoms with Crippen molar-refractivity contribution in [2.75, 3.05) is 19.7 Å². The van der Waals surface area contributed by atoms with Gasteiger partial charge < -0.3 is 14.2 Å². The van der Waals surface area contributed by atoms with Gasteiger partial charge in [0.05, 0.1) is 24.3 Å². The molecule has 158 valence electrons. The molecule has 1 aromatic carbocycles. The van der Waals surface area contributed by atoms with Crippen LogP contribution in [-0.2, 0) is 17.3 Å². The maximum absolute atomic E-state index is 12.9. The van der Waals surface area contributed by atoms with Gasteiger partial charge in [0, 0.05) is 22.4 Å². The summed E-state index contributed by atoms with van der Waals surface area (Å²) in [5, 5.41) is 5.63. The number of carbonyl (C=O) groups is 1. The normalized spacial score (nSPS) is 17.3. The van der Waals surface area contributed by atoms with Gasteiger partial charge in [-0.25, -0.2) is 0 Å². The minimum Gasteiger partial charge on any atom is -0.365 e. The average Bonchev–Trinajstić information content (AvgIpc) is 3.43. The Balaban J connectivity index is 1.50. The monoisotopic (exact) mass is 437 g/mol. The smallest absolute Gasteiger partial charge is 0.365 e. The molecule has 1 atom stereocenters. The van der Waals surface area contributed by atoms with E-state index in [1.807, 2.05) is 18.4 Å². The van der Waals surface area contributed by atoms with Gasteiger partial charge in [-0.05, 0) is 24.6 Å². The van der Waals surface area contributed by atoms with E-state index < -0.39 is 17.8 Å². The molecule has 6 nitrogen and oxygen atoms in total. The van der Waals surface area contributed by atoms with Gasteiger partial charge in [0.1, 0.15) is 0 Å². The third-order valence-corrected chi connectivity index (χ3v) is 5.85. The van der Waals surface area contributed by atoms with Crippen LogP contribution in [-0.4, -0.2) is 40.6 Å². The van der Waals surface area contributed by atoms with E-state index in [-0.39, 0.29) is 29.7 Å². The molecule has 0 bridgehead atoms. The molecule has 0 N–H and O–H groups in total. The highest BCUT2D eigenvalue weighted by Crippen LogP contribution is 2.32. The number of thiophene rings is 1. The van der Waals surface area contributed by atoms with E-state index in [0.29, 0.717) is 18.7 Å². The lowest BCUT2D eigenvalue weighted by Gasteiger charge is -2.31. The largest absolute Gasteiger partial charge is 0.416 e. The Morgan fingerprint density at radius 2 is 2.17 bits per heavy atom. The number of aromatic nitrogens is 2. The number of ether oxygens (including phenoxy) is 1. The molecule has 0 saturated carbocycles. The zero-order chi connectivity index (χ0) is 21.3. The van der Waals surface area contributed by atoms with Crippen molar-refractivity contribution in [2.45, 2.75) is 25.6 Å². The van der Waals surface area contributed by atoms with E-state index in [4.69, 9.17) is 9.26 Å². The van der Waals surface area contributed by atoms with Crippen molar-refractivity contribution in [3.05, 3.63) is 57.6 Å².